The molecule has 4 aliphatic rings. The number of hydrogen-bond acceptors (Lipinski definition) is 9. The highest BCUT2D eigenvalue weighted by Crippen LogP contribution is 2.42. The van der Waals surface area contributed by atoms with E-state index in [9.17, 15) is 35.9 Å². The summed E-state index contributed by atoms with van der Waals surface area (Å²) in [5.41, 5.74) is 5.25. The molecule has 18 heteroatoms. The molecule has 2 amide bonds. The van der Waals surface area contributed by atoms with Gasteiger partial charge in [0, 0.05) is 58.7 Å². The quantitative estimate of drug-likeness (QED) is 0.108. The zero-order chi connectivity index (χ0) is 53.9. The lowest BCUT2D eigenvalue weighted by Gasteiger charge is -2.36. The van der Waals surface area contributed by atoms with Crippen LogP contribution in [0.15, 0.2) is 76.2 Å². The number of halogens is 7. The molecule has 5 heterocycles. The largest absolute Gasteiger partial charge is 0.439 e. The van der Waals surface area contributed by atoms with Gasteiger partial charge < -0.3 is 19.3 Å². The molecule has 75 heavy (non-hydrogen) atoms. The second kappa shape index (κ2) is 23.5. The standard InChI is InChI=1S/C31H36F3N3O2S.C26H31BrF3N3O2/c1-5-36(26-9-7-6-8-10-26)29-24(13-23(15-35-29)27-18-40-17-20(27)3)16-37-21(4)28(39-30(37)38)22-11-19(2)12-25(14-22)31(32,33)34;1-4-32(22-8-6-5-7-9-22)24-19(13-21(27)14-31-24)15-33-17(3)23(35-25(33)34)18-10-16(2)11-20(12-18)26(28,29)30/h11-15,17-18,21,26,28H,5-10,16H2,1-4H3;10-14,17,22-23H,4-9,15H2,1-3H3/t21-,28-;17-,23-/m00/s1. The molecule has 0 radical (unpaired) electrons. The highest BCUT2D eigenvalue weighted by molar-refractivity contribution is 9.10. The molecule has 0 N–H and O–H groups in total. The zero-order valence-electron chi connectivity index (χ0n) is 43.7. The van der Waals surface area contributed by atoms with Crippen molar-refractivity contribution < 1.29 is 45.4 Å². The number of carbonyl (C=O) groups excluding carboxylic acids is 2. The Hall–Kier alpha value is -5.36. The van der Waals surface area contributed by atoms with E-state index in [4.69, 9.17) is 19.4 Å². The van der Waals surface area contributed by atoms with Crippen LogP contribution in [0.1, 0.15) is 154 Å². The molecule has 9 rings (SSSR count). The van der Waals surface area contributed by atoms with Crippen molar-refractivity contribution in [2.75, 3.05) is 22.9 Å². The maximum atomic E-state index is 13.5. The highest BCUT2D eigenvalue weighted by atomic mass is 79.9. The van der Waals surface area contributed by atoms with Gasteiger partial charge in [0.15, 0.2) is 0 Å². The zero-order valence-corrected chi connectivity index (χ0v) is 46.1. The maximum Gasteiger partial charge on any atom is 0.416 e. The predicted octanol–water partition coefficient (Wildman–Crippen LogP) is 16.1. The maximum absolute atomic E-state index is 13.5. The van der Waals surface area contributed by atoms with Crippen LogP contribution < -0.4 is 9.80 Å². The van der Waals surface area contributed by atoms with Gasteiger partial charge in [-0.1, -0.05) is 61.8 Å². The molecule has 2 saturated carbocycles. The van der Waals surface area contributed by atoms with Gasteiger partial charge in [-0.15, -0.1) is 0 Å². The lowest BCUT2D eigenvalue weighted by molar-refractivity contribution is -0.138. The van der Waals surface area contributed by atoms with E-state index in [0.29, 0.717) is 34.3 Å². The van der Waals surface area contributed by atoms with E-state index >= 15 is 0 Å². The van der Waals surface area contributed by atoms with Crippen molar-refractivity contribution >= 4 is 51.1 Å². The minimum absolute atomic E-state index is 0.261. The average molecular weight is 1130 g/mol. The second-order valence-corrected chi connectivity index (χ2v) is 22.2. The van der Waals surface area contributed by atoms with E-state index in [0.717, 1.165) is 101 Å². The summed E-state index contributed by atoms with van der Waals surface area (Å²) in [7, 11) is 0. The summed E-state index contributed by atoms with van der Waals surface area (Å²) in [4.78, 5) is 43.7. The minimum Gasteiger partial charge on any atom is -0.439 e. The van der Waals surface area contributed by atoms with Crippen molar-refractivity contribution in [1.29, 1.82) is 0 Å². The normalized spacial score (nSPS) is 20.7. The van der Waals surface area contributed by atoms with Gasteiger partial charge in [-0.3, -0.25) is 9.80 Å². The topological polar surface area (TPSA) is 91.3 Å². The van der Waals surface area contributed by atoms with Crippen molar-refractivity contribution in [3.63, 3.8) is 0 Å². The summed E-state index contributed by atoms with van der Waals surface area (Å²) in [5, 5.41) is 4.21. The first-order valence-corrected chi connectivity index (χ1v) is 27.9. The van der Waals surface area contributed by atoms with E-state index in [1.54, 1.807) is 53.3 Å². The van der Waals surface area contributed by atoms with Crippen LogP contribution in [0.4, 0.5) is 47.6 Å². The van der Waals surface area contributed by atoms with Crippen molar-refractivity contribution in [1.82, 2.24) is 19.8 Å². The number of alkyl halides is 6. The molecule has 0 unspecified atom stereocenters. The number of carbonyl (C=O) groups is 2. The average Bonchev–Trinajstić information content (AvgIpc) is 4.02. The van der Waals surface area contributed by atoms with Crippen LogP contribution in [0.2, 0.25) is 0 Å². The Morgan fingerprint density at radius 3 is 1.48 bits per heavy atom. The number of aromatic nitrogens is 2. The summed E-state index contributed by atoms with van der Waals surface area (Å²) >= 11 is 5.14. The number of anilines is 2. The summed E-state index contributed by atoms with van der Waals surface area (Å²) in [6, 6.07) is 11.7. The molecule has 5 aromatic rings. The summed E-state index contributed by atoms with van der Waals surface area (Å²) in [5.74, 6) is 1.71. The van der Waals surface area contributed by atoms with Crippen molar-refractivity contribution in [2.24, 2.45) is 0 Å². The minimum atomic E-state index is -4.48. The van der Waals surface area contributed by atoms with Gasteiger partial charge >= 0.3 is 24.5 Å². The molecule has 2 saturated heterocycles. The number of thiophene rings is 1. The number of nitrogens with zero attached hydrogens (tertiary/aromatic N) is 6. The van der Waals surface area contributed by atoms with E-state index in [-0.39, 0.29) is 13.1 Å². The Morgan fingerprint density at radius 2 is 1.07 bits per heavy atom. The Morgan fingerprint density at radius 1 is 0.627 bits per heavy atom. The fourth-order valence-electron chi connectivity index (χ4n) is 11.4. The van der Waals surface area contributed by atoms with Crippen LogP contribution in [-0.4, -0.2) is 69.2 Å². The number of pyridine rings is 2. The lowest BCUT2D eigenvalue weighted by Crippen LogP contribution is -2.39. The number of aryl methyl sites for hydroxylation is 3. The first-order valence-electron chi connectivity index (χ1n) is 26.2. The molecule has 2 aliphatic carbocycles. The molecular formula is C57H67BrF6N6O4S. The van der Waals surface area contributed by atoms with Gasteiger partial charge in [0.25, 0.3) is 0 Å². The predicted molar refractivity (Wildman–Crippen MR) is 285 cm³/mol. The van der Waals surface area contributed by atoms with Crippen molar-refractivity contribution in [2.45, 2.75) is 174 Å². The van der Waals surface area contributed by atoms with Gasteiger partial charge in [-0.05, 0) is 159 Å². The van der Waals surface area contributed by atoms with Crippen LogP contribution >= 0.6 is 27.3 Å². The van der Waals surface area contributed by atoms with Gasteiger partial charge in [0.1, 0.15) is 23.8 Å². The number of cyclic esters (lactones) is 2. The lowest BCUT2D eigenvalue weighted by atomic mass is 9.93. The Bertz CT molecular complexity index is 2810. The van der Waals surface area contributed by atoms with Gasteiger partial charge in [-0.25, -0.2) is 19.6 Å². The third kappa shape index (κ3) is 12.7. The Kier molecular flexibility index (Phi) is 17.5. The molecule has 3 aromatic heterocycles. The van der Waals surface area contributed by atoms with E-state index < -0.39 is 60.0 Å². The molecule has 2 aliphatic heterocycles. The molecule has 2 aromatic carbocycles. The number of hydrogen-bond donors (Lipinski definition) is 0. The second-order valence-electron chi connectivity index (χ2n) is 20.6. The fourth-order valence-corrected chi connectivity index (χ4v) is 12.7. The first-order chi connectivity index (χ1) is 35.6. The van der Waals surface area contributed by atoms with Crippen LogP contribution in [0.5, 0.6) is 0 Å². The number of amides is 2. The molecule has 404 valence electrons. The first kappa shape index (κ1) is 55.9. The van der Waals surface area contributed by atoms with Crippen LogP contribution in [0, 0.1) is 20.8 Å². The Balaban J connectivity index is 0.000000201. The van der Waals surface area contributed by atoms with Gasteiger partial charge in [0.05, 0.1) is 36.3 Å². The monoisotopic (exact) mass is 1120 g/mol. The van der Waals surface area contributed by atoms with Gasteiger partial charge in [-0.2, -0.15) is 37.7 Å². The molecule has 4 atom stereocenters. The van der Waals surface area contributed by atoms with Crippen LogP contribution in [0.25, 0.3) is 11.1 Å². The van der Waals surface area contributed by atoms with Crippen molar-refractivity contribution in [3.05, 3.63) is 126 Å². The third-order valence-corrected chi connectivity index (χ3v) is 16.5. The highest BCUT2D eigenvalue weighted by Gasteiger charge is 2.44. The number of ether oxygens (including phenoxy) is 2. The fraction of sp³-hybridized carbons (Fsp3) is 0.509. The third-order valence-electron chi connectivity index (χ3n) is 15.3. The summed E-state index contributed by atoms with van der Waals surface area (Å²) in [6.45, 7) is 15.3. The smallest absolute Gasteiger partial charge is 0.416 e. The van der Waals surface area contributed by atoms with E-state index in [1.165, 1.54) is 44.1 Å². The Labute approximate surface area is 448 Å². The SMILES string of the molecule is CCN(c1ncc(-c2cscc2C)cc1CN1C(=O)O[C@H](c2cc(C)cc(C(F)(F)F)c2)[C@@H]1C)C1CCCCC1.CCN(c1ncc(Br)cc1CN1C(=O)O[C@H](c2cc(C)cc(C(F)(F)F)c2)[C@@H]1C)C1CCCCC1. The molecule has 4 fully saturated rings. The molecule has 0 spiro atoms. The summed E-state index contributed by atoms with van der Waals surface area (Å²) < 4.78 is 92.9. The van der Waals surface area contributed by atoms with Gasteiger partial charge in [0.2, 0.25) is 0 Å². The molecule has 10 nitrogen and oxygen atoms in total. The summed E-state index contributed by atoms with van der Waals surface area (Å²) in [6.07, 6.45) is 3.81. The number of rotatable bonds is 13. The molecule has 0 bridgehead atoms. The van der Waals surface area contributed by atoms with E-state index in [2.05, 4.69) is 63.3 Å². The van der Waals surface area contributed by atoms with Crippen molar-refractivity contribution in [3.8, 4) is 11.1 Å². The van der Waals surface area contributed by atoms with Crippen LogP contribution in [0.3, 0.4) is 0 Å². The van der Waals surface area contributed by atoms with E-state index in [1.807, 2.05) is 26.1 Å². The number of benzene rings is 2. The molecular weight excluding hydrogens is 1060 g/mol. The van der Waals surface area contributed by atoms with Crippen LogP contribution in [-0.2, 0) is 34.9 Å².